The van der Waals surface area contributed by atoms with E-state index >= 15 is 0 Å². The summed E-state index contributed by atoms with van der Waals surface area (Å²) in [5.41, 5.74) is 0. The molecule has 0 aromatic rings. The van der Waals surface area contributed by atoms with Crippen LogP contribution < -0.4 is 0 Å². The van der Waals surface area contributed by atoms with Crippen LogP contribution in [0.1, 0.15) is 65.2 Å². The molecule has 0 aromatic heterocycles. The molecule has 0 aliphatic carbocycles. The molecule has 0 aromatic carbocycles. The highest BCUT2D eigenvalue weighted by Gasteiger charge is 1.97. The second-order valence-electron chi connectivity index (χ2n) is 4.21. The van der Waals surface area contributed by atoms with Crippen LogP contribution in [0.5, 0.6) is 0 Å². The molecule has 0 aliphatic heterocycles. The fraction of sp³-hybridized carbons (Fsp3) is 0.923. The van der Waals surface area contributed by atoms with Gasteiger partial charge in [0.2, 0.25) is 6.41 Å². The van der Waals surface area contributed by atoms with Crippen LogP contribution in [-0.4, -0.2) is 24.4 Å². The number of nitrogens with zero attached hydrogens (tertiary/aromatic N) is 1. The first kappa shape index (κ1) is 14.5. The van der Waals surface area contributed by atoms with Crippen molar-refractivity contribution in [1.29, 1.82) is 0 Å². The number of carbonyl (C=O) groups excluding carboxylic acids is 1. The van der Waals surface area contributed by atoms with E-state index in [2.05, 4.69) is 6.92 Å². The first-order chi connectivity index (χ1) is 7.35. The summed E-state index contributed by atoms with van der Waals surface area (Å²) in [5.74, 6) is 0. The molecule has 0 N–H and O–H groups in total. The topological polar surface area (TPSA) is 20.3 Å². The molecule has 15 heavy (non-hydrogen) atoms. The first-order valence-electron chi connectivity index (χ1n) is 6.54. The van der Waals surface area contributed by atoms with Crippen LogP contribution in [0, 0.1) is 0 Å². The Kier molecular flexibility index (Phi) is 11.1. The van der Waals surface area contributed by atoms with E-state index in [0.29, 0.717) is 0 Å². The number of unbranched alkanes of at least 4 members (excludes halogenated alkanes) is 7. The maximum absolute atomic E-state index is 10.5. The standard InChI is InChI=1S/C13H27NO/c1-3-5-6-7-8-9-10-11-12-14(4-2)13-15/h13H,3-12H2,1-2H3. The number of amides is 1. The van der Waals surface area contributed by atoms with Gasteiger partial charge in [-0.05, 0) is 13.3 Å². The minimum atomic E-state index is 0.847. The summed E-state index contributed by atoms with van der Waals surface area (Å²) in [5, 5.41) is 0. The van der Waals surface area contributed by atoms with Crippen LogP contribution in [-0.2, 0) is 4.79 Å². The van der Waals surface area contributed by atoms with Crippen LogP contribution in [0.15, 0.2) is 0 Å². The van der Waals surface area contributed by atoms with Crippen molar-refractivity contribution in [3.63, 3.8) is 0 Å². The van der Waals surface area contributed by atoms with Crippen molar-refractivity contribution < 1.29 is 4.79 Å². The summed E-state index contributed by atoms with van der Waals surface area (Å²) in [6, 6.07) is 0. The van der Waals surface area contributed by atoms with Crippen LogP contribution >= 0.6 is 0 Å². The third-order valence-corrected chi connectivity index (χ3v) is 2.85. The number of hydrogen-bond acceptors (Lipinski definition) is 1. The second kappa shape index (κ2) is 11.5. The molecule has 90 valence electrons. The van der Waals surface area contributed by atoms with Gasteiger partial charge in [0.15, 0.2) is 0 Å². The average molecular weight is 213 g/mol. The maximum atomic E-state index is 10.5. The van der Waals surface area contributed by atoms with Crippen molar-refractivity contribution in [3.8, 4) is 0 Å². The summed E-state index contributed by atoms with van der Waals surface area (Å²) in [7, 11) is 0. The highest BCUT2D eigenvalue weighted by molar-refractivity contribution is 5.46. The van der Waals surface area contributed by atoms with E-state index in [1.54, 1.807) is 0 Å². The molecule has 0 saturated heterocycles. The molecule has 0 bridgehead atoms. The molecule has 0 atom stereocenters. The second-order valence-corrected chi connectivity index (χ2v) is 4.21. The Morgan fingerprint density at radius 1 is 0.867 bits per heavy atom. The molecule has 0 rings (SSSR count). The molecule has 2 heteroatoms. The Hall–Kier alpha value is -0.530. The van der Waals surface area contributed by atoms with Gasteiger partial charge >= 0.3 is 0 Å². The van der Waals surface area contributed by atoms with Gasteiger partial charge in [0, 0.05) is 13.1 Å². The van der Waals surface area contributed by atoms with E-state index in [0.717, 1.165) is 19.5 Å². The quantitative estimate of drug-likeness (QED) is 0.379. The lowest BCUT2D eigenvalue weighted by Gasteiger charge is -2.13. The van der Waals surface area contributed by atoms with Gasteiger partial charge in [-0.1, -0.05) is 51.9 Å². The molecule has 2 nitrogen and oxygen atoms in total. The molecule has 0 unspecified atom stereocenters. The van der Waals surface area contributed by atoms with E-state index in [9.17, 15) is 4.79 Å². The zero-order valence-corrected chi connectivity index (χ0v) is 10.5. The molecular formula is C13H27NO. The van der Waals surface area contributed by atoms with Gasteiger partial charge in [0.25, 0.3) is 0 Å². The molecule has 0 spiro atoms. The van der Waals surface area contributed by atoms with E-state index in [1.165, 1.54) is 51.4 Å². The monoisotopic (exact) mass is 213 g/mol. The zero-order valence-electron chi connectivity index (χ0n) is 10.5. The van der Waals surface area contributed by atoms with Gasteiger partial charge in [-0.15, -0.1) is 0 Å². The van der Waals surface area contributed by atoms with Crippen LogP contribution in [0.2, 0.25) is 0 Å². The molecule has 1 amide bonds. The number of hydrogen-bond donors (Lipinski definition) is 0. The zero-order chi connectivity index (χ0) is 11.4. The Balaban J connectivity index is 3.07. The lowest BCUT2D eigenvalue weighted by atomic mass is 10.1. The molecule has 0 fully saturated rings. The summed E-state index contributed by atoms with van der Waals surface area (Å²) >= 11 is 0. The van der Waals surface area contributed by atoms with Crippen molar-refractivity contribution in [2.75, 3.05) is 13.1 Å². The van der Waals surface area contributed by atoms with Gasteiger partial charge < -0.3 is 4.90 Å². The fourth-order valence-corrected chi connectivity index (χ4v) is 1.73. The molecule has 0 aliphatic rings. The Morgan fingerprint density at radius 3 is 1.87 bits per heavy atom. The minimum Gasteiger partial charge on any atom is -0.346 e. The van der Waals surface area contributed by atoms with Crippen molar-refractivity contribution in [2.45, 2.75) is 65.2 Å². The highest BCUT2D eigenvalue weighted by Crippen LogP contribution is 2.08. The average Bonchev–Trinajstić information content (AvgIpc) is 2.27. The van der Waals surface area contributed by atoms with Gasteiger partial charge in [0.05, 0.1) is 0 Å². The summed E-state index contributed by atoms with van der Waals surface area (Å²) in [6.45, 7) is 6.06. The Bertz CT molecular complexity index is 136. The molecule has 0 saturated carbocycles. The highest BCUT2D eigenvalue weighted by atomic mass is 16.1. The smallest absolute Gasteiger partial charge is 0.209 e. The molecule has 0 radical (unpaired) electrons. The third-order valence-electron chi connectivity index (χ3n) is 2.85. The van der Waals surface area contributed by atoms with Crippen molar-refractivity contribution >= 4 is 6.41 Å². The number of rotatable bonds is 11. The van der Waals surface area contributed by atoms with Crippen molar-refractivity contribution in [1.82, 2.24) is 4.90 Å². The molecule has 0 heterocycles. The largest absolute Gasteiger partial charge is 0.346 e. The third kappa shape index (κ3) is 9.77. The van der Waals surface area contributed by atoms with Crippen LogP contribution in [0.4, 0.5) is 0 Å². The summed E-state index contributed by atoms with van der Waals surface area (Å²) in [4.78, 5) is 12.3. The Morgan fingerprint density at radius 2 is 1.40 bits per heavy atom. The van der Waals surface area contributed by atoms with E-state index in [4.69, 9.17) is 0 Å². The maximum Gasteiger partial charge on any atom is 0.209 e. The van der Waals surface area contributed by atoms with Crippen LogP contribution in [0.3, 0.4) is 0 Å². The Labute approximate surface area is 95.0 Å². The lowest BCUT2D eigenvalue weighted by Crippen LogP contribution is -2.22. The van der Waals surface area contributed by atoms with Crippen LogP contribution in [0.25, 0.3) is 0 Å². The van der Waals surface area contributed by atoms with E-state index in [-0.39, 0.29) is 0 Å². The van der Waals surface area contributed by atoms with E-state index in [1.807, 2.05) is 11.8 Å². The SMILES string of the molecule is CCCCCCCCCCN(C=O)CC. The fourth-order valence-electron chi connectivity index (χ4n) is 1.73. The predicted molar refractivity (Wildman–Crippen MR) is 65.9 cm³/mol. The van der Waals surface area contributed by atoms with Crippen molar-refractivity contribution in [2.24, 2.45) is 0 Å². The predicted octanol–water partition coefficient (Wildman–Crippen LogP) is 3.61. The van der Waals surface area contributed by atoms with Gasteiger partial charge in [-0.3, -0.25) is 4.79 Å². The summed E-state index contributed by atoms with van der Waals surface area (Å²) < 4.78 is 0. The lowest BCUT2D eigenvalue weighted by molar-refractivity contribution is -0.118. The summed E-state index contributed by atoms with van der Waals surface area (Å²) in [6.07, 6.45) is 11.6. The minimum absolute atomic E-state index is 0.847. The van der Waals surface area contributed by atoms with Gasteiger partial charge in [-0.25, -0.2) is 0 Å². The normalized spacial score (nSPS) is 10.3. The number of carbonyl (C=O) groups is 1. The first-order valence-corrected chi connectivity index (χ1v) is 6.54. The van der Waals surface area contributed by atoms with Crippen molar-refractivity contribution in [3.05, 3.63) is 0 Å². The van der Waals surface area contributed by atoms with E-state index < -0.39 is 0 Å². The van der Waals surface area contributed by atoms with Gasteiger partial charge in [0.1, 0.15) is 0 Å². The van der Waals surface area contributed by atoms with Gasteiger partial charge in [-0.2, -0.15) is 0 Å². The molecular weight excluding hydrogens is 186 g/mol.